The second-order valence-electron chi connectivity index (χ2n) is 6.17. The summed E-state index contributed by atoms with van der Waals surface area (Å²) in [7, 11) is 3.24. The summed E-state index contributed by atoms with van der Waals surface area (Å²) in [6, 6.07) is 8.13. The predicted octanol–water partition coefficient (Wildman–Crippen LogP) is 2.79. The zero-order chi connectivity index (χ0) is 18.4. The Bertz CT molecular complexity index is 741. The Kier molecular flexibility index (Phi) is 8.55. The second kappa shape index (κ2) is 10.6. The predicted molar refractivity (Wildman–Crippen MR) is 121 cm³/mol. The summed E-state index contributed by atoms with van der Waals surface area (Å²) in [5.41, 5.74) is 1.03. The van der Waals surface area contributed by atoms with Crippen LogP contribution in [-0.2, 0) is 9.53 Å². The summed E-state index contributed by atoms with van der Waals surface area (Å²) >= 11 is 1.66. The zero-order valence-corrected chi connectivity index (χ0v) is 18.8. The number of fused-ring (bicyclic) bond motifs is 1. The lowest BCUT2D eigenvalue weighted by atomic mass is 9.97. The first kappa shape index (κ1) is 21.7. The van der Waals surface area contributed by atoms with Crippen LogP contribution in [0.25, 0.3) is 10.2 Å². The molecule has 2 aromatic rings. The number of esters is 1. The summed E-state index contributed by atoms with van der Waals surface area (Å²) in [6.45, 7) is 3.13. The van der Waals surface area contributed by atoms with Gasteiger partial charge in [-0.2, -0.15) is 0 Å². The maximum Gasteiger partial charge on any atom is 0.308 e. The van der Waals surface area contributed by atoms with Gasteiger partial charge in [0.15, 0.2) is 11.1 Å². The van der Waals surface area contributed by atoms with Crippen molar-refractivity contribution in [3.8, 4) is 0 Å². The molecule has 1 aliphatic rings. The van der Waals surface area contributed by atoms with Gasteiger partial charge in [0.25, 0.3) is 0 Å². The molecule has 0 unspecified atom stereocenters. The van der Waals surface area contributed by atoms with Gasteiger partial charge in [-0.1, -0.05) is 23.5 Å². The van der Waals surface area contributed by atoms with Crippen molar-refractivity contribution < 1.29 is 9.53 Å². The minimum Gasteiger partial charge on any atom is -0.469 e. The summed E-state index contributed by atoms with van der Waals surface area (Å²) in [5, 5.41) is 7.66. The molecular weight excluding hydrogens is 477 g/mol. The smallest absolute Gasteiger partial charge is 0.308 e. The average molecular weight is 503 g/mol. The van der Waals surface area contributed by atoms with Crippen molar-refractivity contribution in [3.05, 3.63) is 24.3 Å². The van der Waals surface area contributed by atoms with Crippen LogP contribution in [0.3, 0.4) is 0 Å². The number of benzene rings is 1. The number of para-hydroxylation sites is 1. The highest BCUT2D eigenvalue weighted by Gasteiger charge is 2.26. The normalized spacial score (nSPS) is 15.3. The Balaban J connectivity index is 0.00000261. The molecule has 0 spiro atoms. The van der Waals surface area contributed by atoms with Gasteiger partial charge in [0, 0.05) is 33.2 Å². The van der Waals surface area contributed by atoms with Gasteiger partial charge in [-0.15, -0.1) is 24.0 Å². The minimum absolute atomic E-state index is 0. The largest absolute Gasteiger partial charge is 0.469 e. The monoisotopic (exact) mass is 503 g/mol. The number of hydrogen-bond donors (Lipinski definition) is 2. The van der Waals surface area contributed by atoms with Crippen molar-refractivity contribution >= 4 is 62.6 Å². The molecule has 148 valence electrons. The van der Waals surface area contributed by atoms with Gasteiger partial charge in [-0.3, -0.25) is 9.79 Å². The van der Waals surface area contributed by atoms with Gasteiger partial charge in [-0.05, 0) is 25.0 Å². The van der Waals surface area contributed by atoms with E-state index < -0.39 is 0 Å². The number of likely N-dealkylation sites (tertiary alicyclic amines) is 1. The topological polar surface area (TPSA) is 78.9 Å². The third kappa shape index (κ3) is 5.68. The number of hydrogen-bond acceptors (Lipinski definition) is 6. The van der Waals surface area contributed by atoms with E-state index in [-0.39, 0.29) is 35.9 Å². The van der Waals surface area contributed by atoms with Gasteiger partial charge >= 0.3 is 5.97 Å². The summed E-state index contributed by atoms with van der Waals surface area (Å²) in [6.07, 6.45) is 1.61. The van der Waals surface area contributed by atoms with Crippen LogP contribution in [-0.4, -0.2) is 62.1 Å². The van der Waals surface area contributed by atoms with E-state index in [1.807, 2.05) is 18.2 Å². The number of anilines is 1. The van der Waals surface area contributed by atoms with Gasteiger partial charge in [0.1, 0.15) is 0 Å². The fraction of sp³-hybridized carbons (Fsp3) is 0.500. The van der Waals surface area contributed by atoms with Crippen molar-refractivity contribution in [1.82, 2.24) is 15.2 Å². The number of carbonyl (C=O) groups is 1. The quantitative estimate of drug-likeness (QED) is 0.215. The molecule has 2 N–H and O–H groups in total. The van der Waals surface area contributed by atoms with Crippen LogP contribution in [0.15, 0.2) is 29.3 Å². The standard InChI is InChI=1S/C18H25N5O2S.HI/c1-19-17(23-11-7-13(8-12-23)16(24)25-2)20-9-10-21-18-22-14-5-3-4-6-15(14)26-18;/h3-6,13H,7-12H2,1-2H3,(H,19,20)(H,21,22);1H. The van der Waals surface area contributed by atoms with Crippen molar-refractivity contribution in [2.45, 2.75) is 12.8 Å². The van der Waals surface area contributed by atoms with Crippen LogP contribution in [0.1, 0.15) is 12.8 Å². The molecule has 0 atom stereocenters. The first-order valence-electron chi connectivity index (χ1n) is 8.84. The van der Waals surface area contributed by atoms with Crippen molar-refractivity contribution in [3.63, 3.8) is 0 Å². The molecule has 0 radical (unpaired) electrons. The van der Waals surface area contributed by atoms with Crippen molar-refractivity contribution in [2.24, 2.45) is 10.9 Å². The molecule has 3 rings (SSSR count). The van der Waals surface area contributed by atoms with E-state index in [2.05, 4.69) is 31.6 Å². The van der Waals surface area contributed by atoms with Crippen molar-refractivity contribution in [2.75, 3.05) is 45.7 Å². The summed E-state index contributed by atoms with van der Waals surface area (Å²) < 4.78 is 6.03. The van der Waals surface area contributed by atoms with E-state index in [1.54, 1.807) is 18.4 Å². The molecule has 0 aliphatic carbocycles. The highest BCUT2D eigenvalue weighted by Crippen LogP contribution is 2.25. The molecule has 0 amide bonds. The highest BCUT2D eigenvalue weighted by molar-refractivity contribution is 14.0. The first-order valence-corrected chi connectivity index (χ1v) is 9.65. The molecule has 1 fully saturated rings. The Hall–Kier alpha value is -1.62. The van der Waals surface area contributed by atoms with Crippen LogP contribution in [0.5, 0.6) is 0 Å². The van der Waals surface area contributed by atoms with Gasteiger partial charge in [-0.25, -0.2) is 4.98 Å². The molecule has 0 bridgehead atoms. The number of piperidine rings is 1. The third-order valence-corrected chi connectivity index (χ3v) is 5.51. The molecule has 2 heterocycles. The van der Waals surface area contributed by atoms with Crippen LogP contribution in [0.2, 0.25) is 0 Å². The lowest BCUT2D eigenvalue weighted by Crippen LogP contribution is -2.47. The molecule has 1 aliphatic heterocycles. The third-order valence-electron chi connectivity index (χ3n) is 4.52. The van der Waals surface area contributed by atoms with Crippen LogP contribution >= 0.6 is 35.3 Å². The number of methoxy groups -OCH3 is 1. The number of rotatable bonds is 5. The number of aromatic nitrogens is 1. The van der Waals surface area contributed by atoms with Crippen molar-refractivity contribution in [1.29, 1.82) is 0 Å². The number of nitrogens with zero attached hydrogens (tertiary/aromatic N) is 3. The van der Waals surface area contributed by atoms with Gasteiger partial charge in [0.2, 0.25) is 0 Å². The molecular formula is C18H26IN5O2S. The number of carbonyl (C=O) groups excluding carboxylic acids is 1. The Morgan fingerprint density at radius 2 is 2.07 bits per heavy atom. The molecule has 1 aromatic heterocycles. The Morgan fingerprint density at radius 3 is 2.74 bits per heavy atom. The average Bonchev–Trinajstić information content (AvgIpc) is 3.10. The summed E-state index contributed by atoms with van der Waals surface area (Å²) in [4.78, 5) is 22.7. The molecule has 0 saturated carbocycles. The van der Waals surface area contributed by atoms with E-state index in [9.17, 15) is 4.79 Å². The molecule has 1 saturated heterocycles. The Labute approximate surface area is 180 Å². The zero-order valence-electron chi connectivity index (χ0n) is 15.6. The van der Waals surface area contributed by atoms with Crippen LogP contribution < -0.4 is 10.6 Å². The summed E-state index contributed by atoms with van der Waals surface area (Å²) in [5.74, 6) is 0.780. The minimum atomic E-state index is -0.104. The highest BCUT2D eigenvalue weighted by atomic mass is 127. The van der Waals surface area contributed by atoms with E-state index in [0.717, 1.165) is 55.6 Å². The SMILES string of the molecule is CN=C(NCCNc1nc2ccccc2s1)N1CCC(C(=O)OC)CC1.I. The molecule has 9 heteroatoms. The number of aliphatic imine (C=N–C) groups is 1. The van der Waals surface area contributed by atoms with E-state index in [0.29, 0.717) is 0 Å². The Morgan fingerprint density at radius 1 is 1.33 bits per heavy atom. The lowest BCUT2D eigenvalue weighted by molar-refractivity contribution is -0.146. The van der Waals surface area contributed by atoms with Gasteiger partial charge < -0.3 is 20.3 Å². The molecule has 7 nitrogen and oxygen atoms in total. The fourth-order valence-electron chi connectivity index (χ4n) is 3.12. The number of ether oxygens (including phenoxy) is 1. The lowest BCUT2D eigenvalue weighted by Gasteiger charge is -2.33. The second-order valence-corrected chi connectivity index (χ2v) is 7.20. The van der Waals surface area contributed by atoms with E-state index in [1.165, 1.54) is 11.8 Å². The van der Waals surface area contributed by atoms with E-state index in [4.69, 9.17) is 4.74 Å². The fourth-order valence-corrected chi connectivity index (χ4v) is 4.01. The van der Waals surface area contributed by atoms with Crippen LogP contribution in [0, 0.1) is 5.92 Å². The molecule has 1 aromatic carbocycles. The maximum absolute atomic E-state index is 11.6. The number of nitrogens with one attached hydrogen (secondary N) is 2. The maximum atomic E-state index is 11.6. The van der Waals surface area contributed by atoms with Gasteiger partial charge in [0.05, 0.1) is 23.2 Å². The first-order chi connectivity index (χ1) is 12.7. The number of halogens is 1. The number of thiazole rings is 1. The van der Waals surface area contributed by atoms with E-state index >= 15 is 0 Å². The van der Waals surface area contributed by atoms with Crippen LogP contribution in [0.4, 0.5) is 5.13 Å². The number of guanidine groups is 1. The molecule has 27 heavy (non-hydrogen) atoms.